The monoisotopic (exact) mass is 141 g/mol. The van der Waals surface area contributed by atoms with Gasteiger partial charge in [0.15, 0.2) is 5.82 Å². The first kappa shape index (κ1) is 6.85. The highest BCUT2D eigenvalue weighted by atomic mass is 15.5. The minimum Gasteiger partial charge on any atom is -0.356 e. The molecule has 0 atom stereocenters. The topological polar surface area (TPSA) is 68.8 Å². The molecule has 0 aliphatic carbocycles. The van der Waals surface area contributed by atoms with Crippen LogP contribution in [-0.4, -0.2) is 21.9 Å². The van der Waals surface area contributed by atoms with E-state index in [1.165, 1.54) is 4.68 Å². The third-order valence-corrected chi connectivity index (χ3v) is 1.31. The molecule has 0 radical (unpaired) electrons. The van der Waals surface area contributed by atoms with Crippen LogP contribution in [0.3, 0.4) is 0 Å². The molecule has 0 aliphatic rings. The highest BCUT2D eigenvalue weighted by molar-refractivity contribution is 5.24. The molecular weight excluding hydrogens is 130 g/mol. The first-order chi connectivity index (χ1) is 4.79. The summed E-state index contributed by atoms with van der Waals surface area (Å²) in [6.45, 7) is 1.98. The Labute approximate surface area is 59.2 Å². The summed E-state index contributed by atoms with van der Waals surface area (Å²) in [7, 11) is 1.76. The van der Waals surface area contributed by atoms with Gasteiger partial charge in [-0.25, -0.2) is 4.68 Å². The van der Waals surface area contributed by atoms with Gasteiger partial charge < -0.3 is 11.2 Å². The maximum absolute atomic E-state index is 5.55. The largest absolute Gasteiger partial charge is 0.356 e. The predicted octanol–water partition coefficient (Wildman–Crippen LogP) is -0.404. The van der Waals surface area contributed by atoms with E-state index in [1.54, 1.807) is 7.05 Å². The highest BCUT2D eigenvalue weighted by Crippen LogP contribution is 2.00. The Morgan fingerprint density at radius 2 is 2.30 bits per heavy atom. The Hall–Kier alpha value is -1.26. The van der Waals surface area contributed by atoms with Gasteiger partial charge in [0.25, 0.3) is 0 Å². The molecule has 0 bridgehead atoms. The Kier molecular flexibility index (Phi) is 1.75. The predicted molar refractivity (Wildman–Crippen MR) is 39.1 cm³/mol. The van der Waals surface area contributed by atoms with Crippen LogP contribution in [0.2, 0.25) is 0 Å². The first-order valence-electron chi connectivity index (χ1n) is 3.16. The van der Waals surface area contributed by atoms with Gasteiger partial charge in [-0.3, -0.25) is 0 Å². The quantitative estimate of drug-likeness (QED) is 0.550. The number of nitrogen functional groups attached to an aromatic ring is 1. The summed E-state index contributed by atoms with van der Waals surface area (Å²) < 4.78 is 1.44. The molecule has 0 unspecified atom stereocenters. The molecule has 1 aromatic heterocycles. The minimum absolute atomic E-state index is 0.594. The van der Waals surface area contributed by atoms with Gasteiger partial charge >= 0.3 is 0 Å². The number of hydrogen-bond donors (Lipinski definition) is 2. The number of nitrogens with zero attached hydrogens (tertiary/aromatic N) is 3. The average Bonchev–Trinajstić information content (AvgIpc) is 2.30. The van der Waals surface area contributed by atoms with Gasteiger partial charge in [0.1, 0.15) is 0 Å². The fraction of sp³-hybridized carbons (Fsp3) is 0.600. The maximum atomic E-state index is 5.55. The lowest BCUT2D eigenvalue weighted by molar-refractivity contribution is 0.857. The van der Waals surface area contributed by atoms with E-state index in [1.807, 2.05) is 6.92 Å². The van der Waals surface area contributed by atoms with E-state index in [-0.39, 0.29) is 0 Å². The number of nitrogens with two attached hydrogens (primary N) is 1. The van der Waals surface area contributed by atoms with Crippen LogP contribution >= 0.6 is 0 Å². The molecule has 3 N–H and O–H groups in total. The Balaban J connectivity index is 2.97. The molecule has 0 saturated carbocycles. The molecule has 10 heavy (non-hydrogen) atoms. The molecule has 1 heterocycles. The summed E-state index contributed by atoms with van der Waals surface area (Å²) in [5.74, 6) is 6.93. The van der Waals surface area contributed by atoms with Crippen LogP contribution in [0.4, 0.5) is 5.95 Å². The van der Waals surface area contributed by atoms with Crippen molar-refractivity contribution in [2.75, 3.05) is 18.2 Å². The SMILES string of the molecule is CCc1nnc(NC)n1N. The summed E-state index contributed by atoms with van der Waals surface area (Å²) in [6, 6.07) is 0. The summed E-state index contributed by atoms with van der Waals surface area (Å²) >= 11 is 0. The smallest absolute Gasteiger partial charge is 0.243 e. The fourth-order valence-corrected chi connectivity index (χ4v) is 0.735. The Morgan fingerprint density at radius 1 is 1.60 bits per heavy atom. The maximum Gasteiger partial charge on any atom is 0.243 e. The van der Waals surface area contributed by atoms with Crippen LogP contribution in [0, 0.1) is 0 Å². The second-order valence-electron chi connectivity index (χ2n) is 1.91. The highest BCUT2D eigenvalue weighted by Gasteiger charge is 2.03. The molecule has 1 aromatic rings. The van der Waals surface area contributed by atoms with Crippen LogP contribution in [-0.2, 0) is 6.42 Å². The van der Waals surface area contributed by atoms with E-state index < -0.39 is 0 Å². The standard InChI is InChI=1S/C5H11N5/c1-3-4-8-9-5(7-2)10(4)6/h3,6H2,1-2H3,(H,7,9). The molecule has 0 spiro atoms. The lowest BCUT2D eigenvalue weighted by atomic mass is 10.5. The van der Waals surface area contributed by atoms with Crippen LogP contribution in [0.1, 0.15) is 12.7 Å². The van der Waals surface area contributed by atoms with Crippen molar-refractivity contribution in [1.82, 2.24) is 14.9 Å². The normalized spacial score (nSPS) is 9.80. The van der Waals surface area contributed by atoms with Gasteiger partial charge in [0.05, 0.1) is 0 Å². The van der Waals surface area contributed by atoms with E-state index >= 15 is 0 Å². The van der Waals surface area contributed by atoms with Crippen molar-refractivity contribution < 1.29 is 0 Å². The van der Waals surface area contributed by atoms with Crippen molar-refractivity contribution >= 4 is 5.95 Å². The third kappa shape index (κ3) is 0.896. The molecule has 0 aromatic carbocycles. The fourth-order valence-electron chi connectivity index (χ4n) is 0.735. The van der Waals surface area contributed by atoms with Crippen molar-refractivity contribution in [2.24, 2.45) is 0 Å². The van der Waals surface area contributed by atoms with E-state index in [4.69, 9.17) is 5.84 Å². The third-order valence-electron chi connectivity index (χ3n) is 1.31. The Morgan fingerprint density at radius 3 is 2.60 bits per heavy atom. The molecule has 1 rings (SSSR count). The van der Waals surface area contributed by atoms with Crippen LogP contribution < -0.4 is 11.2 Å². The molecule has 0 aliphatic heterocycles. The van der Waals surface area contributed by atoms with Gasteiger partial charge in [-0.05, 0) is 0 Å². The number of hydrogen-bond acceptors (Lipinski definition) is 4. The van der Waals surface area contributed by atoms with E-state index in [9.17, 15) is 0 Å². The van der Waals surface area contributed by atoms with Crippen molar-refractivity contribution in [2.45, 2.75) is 13.3 Å². The zero-order valence-corrected chi connectivity index (χ0v) is 6.13. The zero-order valence-electron chi connectivity index (χ0n) is 6.13. The molecule has 0 fully saturated rings. The lowest BCUT2D eigenvalue weighted by Crippen LogP contribution is -2.14. The van der Waals surface area contributed by atoms with Crippen LogP contribution in [0.15, 0.2) is 0 Å². The number of aryl methyl sites for hydroxylation is 1. The van der Waals surface area contributed by atoms with Crippen LogP contribution in [0.25, 0.3) is 0 Å². The van der Waals surface area contributed by atoms with Gasteiger partial charge in [-0.15, -0.1) is 10.2 Å². The average molecular weight is 141 g/mol. The molecule has 0 amide bonds. The van der Waals surface area contributed by atoms with Crippen molar-refractivity contribution in [3.8, 4) is 0 Å². The van der Waals surface area contributed by atoms with Crippen LogP contribution in [0.5, 0.6) is 0 Å². The molecule has 5 nitrogen and oxygen atoms in total. The van der Waals surface area contributed by atoms with Crippen molar-refractivity contribution in [3.05, 3.63) is 5.82 Å². The molecule has 5 heteroatoms. The summed E-state index contributed by atoms with van der Waals surface area (Å²) in [5, 5.41) is 10.4. The van der Waals surface area contributed by atoms with Gasteiger partial charge in [0.2, 0.25) is 5.95 Å². The number of anilines is 1. The number of nitrogens with one attached hydrogen (secondary N) is 1. The number of rotatable bonds is 2. The van der Waals surface area contributed by atoms with E-state index in [0.717, 1.165) is 12.2 Å². The summed E-state index contributed by atoms with van der Waals surface area (Å²) in [4.78, 5) is 0. The molecular formula is C5H11N5. The summed E-state index contributed by atoms with van der Waals surface area (Å²) in [6.07, 6.45) is 0.797. The van der Waals surface area contributed by atoms with Gasteiger partial charge in [-0.1, -0.05) is 6.92 Å². The Bertz CT molecular complexity index is 194. The summed E-state index contributed by atoms with van der Waals surface area (Å²) in [5.41, 5.74) is 0. The second kappa shape index (κ2) is 2.55. The second-order valence-corrected chi connectivity index (χ2v) is 1.91. The van der Waals surface area contributed by atoms with E-state index in [2.05, 4.69) is 15.5 Å². The van der Waals surface area contributed by atoms with Crippen molar-refractivity contribution in [3.63, 3.8) is 0 Å². The van der Waals surface area contributed by atoms with E-state index in [0.29, 0.717) is 5.95 Å². The minimum atomic E-state index is 0.594. The number of aromatic nitrogens is 3. The van der Waals surface area contributed by atoms with Crippen molar-refractivity contribution in [1.29, 1.82) is 0 Å². The van der Waals surface area contributed by atoms with Gasteiger partial charge in [0, 0.05) is 13.5 Å². The zero-order chi connectivity index (χ0) is 7.56. The molecule has 56 valence electrons. The van der Waals surface area contributed by atoms with Gasteiger partial charge in [-0.2, -0.15) is 0 Å². The molecule has 0 saturated heterocycles. The lowest BCUT2D eigenvalue weighted by Gasteiger charge is -1.98. The first-order valence-corrected chi connectivity index (χ1v) is 3.16.